The third-order valence-corrected chi connectivity index (χ3v) is 4.24. The molecular formula is C21H22N6O5. The number of nitriles is 1. The summed E-state index contributed by atoms with van der Waals surface area (Å²) >= 11 is 0. The van der Waals surface area contributed by atoms with Gasteiger partial charge in [0, 0.05) is 31.3 Å². The second-order valence-electron chi connectivity index (χ2n) is 6.47. The molecule has 1 N–H and O–H groups in total. The van der Waals surface area contributed by atoms with Gasteiger partial charge < -0.3 is 15.0 Å². The first-order valence-corrected chi connectivity index (χ1v) is 9.71. The van der Waals surface area contributed by atoms with Crippen LogP contribution in [0.1, 0.15) is 26.3 Å². The maximum absolute atomic E-state index is 11.9. The summed E-state index contributed by atoms with van der Waals surface area (Å²) in [6.07, 6.45) is 0. The molecule has 0 bridgehead atoms. The Bertz CT molecular complexity index is 1090. The van der Waals surface area contributed by atoms with Crippen LogP contribution in [0.5, 0.6) is 0 Å². The Kier molecular flexibility index (Phi) is 8.36. The van der Waals surface area contributed by atoms with Crippen LogP contribution in [0.4, 0.5) is 28.4 Å². The number of benzene rings is 2. The lowest BCUT2D eigenvalue weighted by molar-refractivity contribution is -0.384. The van der Waals surface area contributed by atoms with Crippen molar-refractivity contribution in [1.29, 1.82) is 5.26 Å². The maximum atomic E-state index is 11.9. The van der Waals surface area contributed by atoms with Gasteiger partial charge in [0.25, 0.3) is 5.69 Å². The van der Waals surface area contributed by atoms with Crippen molar-refractivity contribution in [3.05, 3.63) is 52.1 Å². The van der Waals surface area contributed by atoms with Crippen molar-refractivity contribution in [2.45, 2.75) is 20.8 Å². The fraction of sp³-hybridized carbons (Fsp3) is 0.286. The molecule has 0 aliphatic carbocycles. The van der Waals surface area contributed by atoms with Gasteiger partial charge in [-0.3, -0.25) is 19.7 Å². The van der Waals surface area contributed by atoms with Crippen LogP contribution in [0.25, 0.3) is 0 Å². The fourth-order valence-electron chi connectivity index (χ4n) is 2.77. The number of rotatable bonds is 9. The molecule has 0 fully saturated rings. The average molecular weight is 438 g/mol. The number of amides is 1. The summed E-state index contributed by atoms with van der Waals surface area (Å²) in [5.41, 5.74) is 1.22. The van der Waals surface area contributed by atoms with Gasteiger partial charge in [0.2, 0.25) is 5.91 Å². The van der Waals surface area contributed by atoms with E-state index in [1.54, 1.807) is 30.0 Å². The van der Waals surface area contributed by atoms with Crippen LogP contribution < -0.4 is 10.2 Å². The highest BCUT2D eigenvalue weighted by Gasteiger charge is 2.14. The predicted octanol–water partition coefficient (Wildman–Crippen LogP) is 4.23. The molecule has 0 spiro atoms. The van der Waals surface area contributed by atoms with Crippen LogP contribution in [0.2, 0.25) is 0 Å². The highest BCUT2D eigenvalue weighted by Crippen LogP contribution is 2.33. The van der Waals surface area contributed by atoms with Crippen LogP contribution in [0.3, 0.4) is 0 Å². The summed E-state index contributed by atoms with van der Waals surface area (Å²) in [6.45, 7) is 5.79. The molecule has 1 amide bonds. The number of azo groups is 1. The van der Waals surface area contributed by atoms with E-state index in [1.807, 2.05) is 13.0 Å². The summed E-state index contributed by atoms with van der Waals surface area (Å²) in [4.78, 5) is 35.6. The standard InChI is InChI=1S/C21H22N6O5/c1-4-26(13-21(29)32-5-2)16-6-9-19(20(11-16)23-14(3)28)25-24-18-8-7-17(27(30)31)10-15(18)12-22/h6-11H,4-5,13H2,1-3H3,(H,23,28). The van der Waals surface area contributed by atoms with Crippen molar-refractivity contribution in [3.8, 4) is 6.07 Å². The molecule has 0 atom stereocenters. The van der Waals surface area contributed by atoms with Crippen LogP contribution in [0.15, 0.2) is 46.6 Å². The fourth-order valence-corrected chi connectivity index (χ4v) is 2.77. The van der Waals surface area contributed by atoms with Crippen LogP contribution >= 0.6 is 0 Å². The number of nitrogens with one attached hydrogen (secondary N) is 1. The zero-order valence-corrected chi connectivity index (χ0v) is 17.9. The molecule has 2 aromatic rings. The molecule has 0 radical (unpaired) electrons. The smallest absolute Gasteiger partial charge is 0.325 e. The van der Waals surface area contributed by atoms with Crippen LogP contribution in [-0.4, -0.2) is 36.5 Å². The number of non-ortho nitro benzene ring substituents is 1. The Morgan fingerprint density at radius 2 is 1.88 bits per heavy atom. The van der Waals surface area contributed by atoms with Crippen LogP contribution in [-0.2, 0) is 14.3 Å². The Labute approximate surface area is 184 Å². The van der Waals surface area contributed by atoms with E-state index in [2.05, 4.69) is 15.5 Å². The molecule has 2 aromatic carbocycles. The number of nitro groups is 1. The molecule has 0 heterocycles. The third kappa shape index (κ3) is 6.33. The predicted molar refractivity (Wildman–Crippen MR) is 117 cm³/mol. The van der Waals surface area contributed by atoms with E-state index in [0.717, 1.165) is 6.07 Å². The second-order valence-corrected chi connectivity index (χ2v) is 6.47. The van der Waals surface area contributed by atoms with Crippen molar-refractivity contribution in [2.75, 3.05) is 29.9 Å². The van der Waals surface area contributed by atoms with E-state index in [0.29, 0.717) is 23.6 Å². The van der Waals surface area contributed by atoms with E-state index in [9.17, 15) is 25.0 Å². The lowest BCUT2D eigenvalue weighted by Gasteiger charge is -2.23. The lowest BCUT2D eigenvalue weighted by Crippen LogP contribution is -2.30. The number of likely N-dealkylation sites (N-methyl/N-ethyl adjacent to an activating group) is 1. The summed E-state index contributed by atoms with van der Waals surface area (Å²) in [5, 5.41) is 30.9. The second kappa shape index (κ2) is 11.2. The highest BCUT2D eigenvalue weighted by atomic mass is 16.6. The van der Waals surface area contributed by atoms with Crippen molar-refractivity contribution in [1.82, 2.24) is 0 Å². The van der Waals surface area contributed by atoms with Gasteiger partial charge in [-0.1, -0.05) is 0 Å². The minimum Gasteiger partial charge on any atom is -0.465 e. The van der Waals surface area contributed by atoms with Gasteiger partial charge in [-0.05, 0) is 38.1 Å². The van der Waals surface area contributed by atoms with Crippen LogP contribution in [0, 0.1) is 21.4 Å². The topological polar surface area (TPSA) is 150 Å². The number of nitrogens with zero attached hydrogens (tertiary/aromatic N) is 5. The number of anilines is 2. The highest BCUT2D eigenvalue weighted by molar-refractivity contribution is 5.93. The van der Waals surface area contributed by atoms with Gasteiger partial charge in [-0.2, -0.15) is 5.26 Å². The molecular weight excluding hydrogens is 416 g/mol. The van der Waals surface area contributed by atoms with Gasteiger partial charge in [0.1, 0.15) is 24.0 Å². The van der Waals surface area contributed by atoms with E-state index >= 15 is 0 Å². The number of carbonyl (C=O) groups is 2. The summed E-state index contributed by atoms with van der Waals surface area (Å²) in [6, 6.07) is 10.5. The third-order valence-electron chi connectivity index (χ3n) is 4.24. The zero-order valence-electron chi connectivity index (χ0n) is 17.9. The first-order chi connectivity index (χ1) is 15.3. The number of nitro benzene ring substituents is 1. The molecule has 0 aliphatic heterocycles. The normalized spacial score (nSPS) is 10.4. The molecule has 0 aromatic heterocycles. The Balaban J connectivity index is 2.39. The number of ether oxygens (including phenoxy) is 1. The summed E-state index contributed by atoms with van der Waals surface area (Å²) in [5.74, 6) is -0.707. The van der Waals surface area contributed by atoms with Gasteiger partial charge in [0.05, 0.1) is 22.8 Å². The van der Waals surface area contributed by atoms with Crippen molar-refractivity contribution in [3.63, 3.8) is 0 Å². The molecule has 11 heteroatoms. The SMILES string of the molecule is CCOC(=O)CN(CC)c1ccc(N=Nc2ccc([N+](=O)[O-])cc2C#N)c(NC(C)=O)c1. The largest absolute Gasteiger partial charge is 0.465 e. The van der Waals surface area contributed by atoms with E-state index in [4.69, 9.17) is 4.74 Å². The van der Waals surface area contributed by atoms with Gasteiger partial charge >= 0.3 is 5.97 Å². The average Bonchev–Trinajstić information content (AvgIpc) is 2.76. The zero-order chi connectivity index (χ0) is 23.7. The Morgan fingerprint density at radius 1 is 1.19 bits per heavy atom. The minimum absolute atomic E-state index is 0.00718. The first-order valence-electron chi connectivity index (χ1n) is 9.71. The van der Waals surface area contributed by atoms with Gasteiger partial charge in [-0.15, -0.1) is 10.2 Å². The number of carbonyl (C=O) groups excluding carboxylic acids is 2. The molecule has 0 unspecified atom stereocenters. The Hall–Kier alpha value is -4.33. The molecule has 2 rings (SSSR count). The molecule has 0 saturated heterocycles. The van der Waals surface area contributed by atoms with Gasteiger partial charge in [-0.25, -0.2) is 0 Å². The van der Waals surface area contributed by atoms with E-state index in [1.165, 1.54) is 19.1 Å². The monoisotopic (exact) mass is 438 g/mol. The minimum atomic E-state index is -0.606. The Morgan fingerprint density at radius 3 is 2.47 bits per heavy atom. The molecule has 11 nitrogen and oxygen atoms in total. The molecule has 0 saturated carbocycles. The summed E-state index contributed by atoms with van der Waals surface area (Å²) in [7, 11) is 0. The van der Waals surface area contributed by atoms with Crippen molar-refractivity contribution < 1.29 is 19.2 Å². The molecule has 166 valence electrons. The van der Waals surface area contributed by atoms with Crippen molar-refractivity contribution >= 4 is 40.3 Å². The van der Waals surface area contributed by atoms with E-state index in [-0.39, 0.29) is 42.0 Å². The molecule has 0 aliphatic rings. The van der Waals surface area contributed by atoms with Gasteiger partial charge in [0.15, 0.2) is 0 Å². The number of hydrogen-bond acceptors (Lipinski definition) is 9. The lowest BCUT2D eigenvalue weighted by atomic mass is 10.2. The molecule has 32 heavy (non-hydrogen) atoms. The maximum Gasteiger partial charge on any atom is 0.325 e. The number of hydrogen-bond donors (Lipinski definition) is 1. The number of esters is 1. The van der Waals surface area contributed by atoms with E-state index < -0.39 is 4.92 Å². The first kappa shape index (κ1) is 23.9. The van der Waals surface area contributed by atoms with Crippen molar-refractivity contribution in [2.24, 2.45) is 10.2 Å². The summed E-state index contributed by atoms with van der Waals surface area (Å²) < 4.78 is 4.99. The quantitative estimate of drug-likeness (QED) is 0.266.